The summed E-state index contributed by atoms with van der Waals surface area (Å²) in [5.41, 5.74) is 2.00. The molecule has 35 heavy (non-hydrogen) atoms. The zero-order valence-electron chi connectivity index (χ0n) is 21.8. The molecule has 5 aliphatic heterocycles. The maximum atomic E-state index is 6.55. The fourth-order valence-corrected chi connectivity index (χ4v) is 7.25. The maximum absolute atomic E-state index is 6.55. The Balaban J connectivity index is 1.11. The van der Waals surface area contributed by atoms with E-state index in [9.17, 15) is 0 Å². The Morgan fingerprint density at radius 2 is 1.69 bits per heavy atom. The van der Waals surface area contributed by atoms with Crippen molar-refractivity contribution >= 4 is 0 Å². The molecule has 6 aliphatic rings. The molecule has 2 unspecified atom stereocenters. The van der Waals surface area contributed by atoms with Crippen molar-refractivity contribution in [2.24, 2.45) is 23.7 Å². The maximum Gasteiger partial charge on any atom is 0.201 e. The largest absolute Gasteiger partial charge is 0.348 e. The van der Waals surface area contributed by atoms with Gasteiger partial charge in [0.25, 0.3) is 0 Å². The van der Waals surface area contributed by atoms with Gasteiger partial charge in [0.1, 0.15) is 0 Å². The van der Waals surface area contributed by atoms with Crippen molar-refractivity contribution in [2.75, 3.05) is 33.2 Å². The molecule has 7 rings (SSSR count). The van der Waals surface area contributed by atoms with Crippen molar-refractivity contribution in [3.05, 3.63) is 35.4 Å². The van der Waals surface area contributed by atoms with Gasteiger partial charge < -0.3 is 19.1 Å². The lowest BCUT2D eigenvalue weighted by molar-refractivity contribution is -0.577. The number of rotatable bonds is 5. The lowest BCUT2D eigenvalue weighted by atomic mass is 9.58. The molecule has 2 bridgehead atoms. The Morgan fingerprint density at radius 1 is 0.943 bits per heavy atom. The second-order valence-electron chi connectivity index (χ2n) is 12.0. The minimum Gasteiger partial charge on any atom is -0.348 e. The summed E-state index contributed by atoms with van der Waals surface area (Å²) in [7, 11) is 2.20. The van der Waals surface area contributed by atoms with Crippen LogP contribution < -0.4 is 0 Å². The number of hydrogen-bond acceptors (Lipinski definition) is 7. The van der Waals surface area contributed by atoms with Crippen LogP contribution >= 0.6 is 0 Å². The fraction of sp³-hybridized carbons (Fsp3) is 0.786. The number of nitrogens with zero attached hydrogens (tertiary/aromatic N) is 2. The van der Waals surface area contributed by atoms with Crippen LogP contribution in [-0.4, -0.2) is 67.0 Å². The van der Waals surface area contributed by atoms with Crippen molar-refractivity contribution in [1.82, 2.24) is 9.80 Å². The highest BCUT2D eigenvalue weighted by Gasteiger charge is 2.69. The first kappa shape index (κ1) is 24.3. The molecule has 5 heterocycles. The van der Waals surface area contributed by atoms with Gasteiger partial charge in [0, 0.05) is 51.0 Å². The summed E-state index contributed by atoms with van der Waals surface area (Å²) in [6.45, 7) is 12.7. The Bertz CT molecular complexity index is 890. The summed E-state index contributed by atoms with van der Waals surface area (Å²) < 4.78 is 19.4. The number of piperazine rings is 1. The number of fused-ring (bicyclic) bond motifs is 2. The van der Waals surface area contributed by atoms with Crippen LogP contribution in [0.5, 0.6) is 0 Å². The number of likely N-dealkylation sites (N-methyl/N-ethyl adjacent to an activating group) is 1. The predicted octanol–water partition coefficient (Wildman–Crippen LogP) is 4.16. The smallest absolute Gasteiger partial charge is 0.201 e. The quantitative estimate of drug-likeness (QED) is 0.580. The normalized spacial score (nSPS) is 44.1. The molecule has 0 aromatic heterocycles. The number of ether oxygens (including phenoxy) is 3. The molecule has 194 valence electrons. The molecule has 6 fully saturated rings. The lowest BCUT2D eigenvalue weighted by Gasteiger charge is -2.60. The third kappa shape index (κ3) is 4.37. The minimum atomic E-state index is -0.748. The molecular weight excluding hydrogens is 444 g/mol. The Morgan fingerprint density at radius 3 is 2.46 bits per heavy atom. The molecule has 1 spiro atoms. The molecule has 7 heteroatoms. The molecular formula is C28H42N2O5. The van der Waals surface area contributed by atoms with Crippen molar-refractivity contribution < 1.29 is 24.0 Å². The average Bonchev–Trinajstić information content (AvgIpc) is 3.09. The fourth-order valence-electron chi connectivity index (χ4n) is 7.25. The monoisotopic (exact) mass is 486 g/mol. The standard InChI is InChI=1S/C28H42N2O5/c1-19-5-10-24-20(2)25(32-26-28(24)23(19)11-12-27(3,33-26)34-35-28)31-18-22-8-6-21(7-9-22)17-30-15-13-29(4)14-16-30/h6-9,19-20,23-26H,5,10-18H2,1-4H3/t19-,20-,23+,24?,25+,26?,27+,28-/m1/s1. The summed E-state index contributed by atoms with van der Waals surface area (Å²) in [6.07, 6.45) is 3.40. The summed E-state index contributed by atoms with van der Waals surface area (Å²) in [5, 5.41) is 0. The first-order chi connectivity index (χ1) is 16.9. The molecule has 1 saturated carbocycles. The number of benzene rings is 1. The summed E-state index contributed by atoms with van der Waals surface area (Å²) in [5.74, 6) is 0.696. The summed E-state index contributed by atoms with van der Waals surface area (Å²) >= 11 is 0. The minimum absolute atomic E-state index is 0.201. The Kier molecular flexibility index (Phi) is 6.49. The van der Waals surface area contributed by atoms with E-state index in [1.807, 2.05) is 6.92 Å². The van der Waals surface area contributed by atoms with E-state index in [0.29, 0.717) is 24.4 Å². The SMILES string of the molecule is C[C@@H]1CCC2[C@@H](C)[C@@H](OCc3ccc(CN4CCN(C)CC4)cc3)OC3O[C@]4(C)CC[C@@H]1[C@]32OO4. The van der Waals surface area contributed by atoms with E-state index in [-0.39, 0.29) is 12.2 Å². The molecule has 0 radical (unpaired) electrons. The van der Waals surface area contributed by atoms with Crippen LogP contribution in [0.25, 0.3) is 0 Å². The highest BCUT2D eigenvalue weighted by atomic mass is 17.3. The first-order valence-corrected chi connectivity index (χ1v) is 13.7. The lowest BCUT2D eigenvalue weighted by Crippen LogP contribution is -2.70. The van der Waals surface area contributed by atoms with Crippen molar-refractivity contribution in [2.45, 2.75) is 83.6 Å². The van der Waals surface area contributed by atoms with Gasteiger partial charge in [-0.3, -0.25) is 4.90 Å². The molecule has 5 saturated heterocycles. The zero-order valence-corrected chi connectivity index (χ0v) is 21.8. The van der Waals surface area contributed by atoms with E-state index in [2.05, 4.69) is 55.0 Å². The molecule has 1 aliphatic carbocycles. The van der Waals surface area contributed by atoms with Crippen LogP contribution in [0.4, 0.5) is 0 Å². The van der Waals surface area contributed by atoms with E-state index < -0.39 is 17.7 Å². The van der Waals surface area contributed by atoms with Crippen LogP contribution in [0.3, 0.4) is 0 Å². The third-order valence-electron chi connectivity index (χ3n) is 9.54. The Hall–Kier alpha value is -1.06. The molecule has 0 N–H and O–H groups in total. The molecule has 1 aromatic carbocycles. The van der Waals surface area contributed by atoms with Gasteiger partial charge in [-0.05, 0) is 56.2 Å². The van der Waals surface area contributed by atoms with Gasteiger partial charge in [0.15, 0.2) is 18.2 Å². The van der Waals surface area contributed by atoms with Crippen LogP contribution in [-0.2, 0) is 37.1 Å². The van der Waals surface area contributed by atoms with Crippen molar-refractivity contribution in [3.8, 4) is 0 Å². The first-order valence-electron chi connectivity index (χ1n) is 13.7. The van der Waals surface area contributed by atoms with Crippen molar-refractivity contribution in [3.63, 3.8) is 0 Å². The van der Waals surface area contributed by atoms with Gasteiger partial charge in [-0.1, -0.05) is 38.1 Å². The van der Waals surface area contributed by atoms with Gasteiger partial charge in [0.05, 0.1) is 6.61 Å². The van der Waals surface area contributed by atoms with E-state index >= 15 is 0 Å². The number of hydrogen-bond donors (Lipinski definition) is 0. The molecule has 7 nitrogen and oxygen atoms in total. The van der Waals surface area contributed by atoms with E-state index in [1.165, 1.54) is 17.5 Å². The third-order valence-corrected chi connectivity index (χ3v) is 9.54. The highest BCUT2D eigenvalue weighted by molar-refractivity contribution is 5.22. The predicted molar refractivity (Wildman–Crippen MR) is 131 cm³/mol. The second-order valence-corrected chi connectivity index (χ2v) is 12.0. The van der Waals surface area contributed by atoms with Gasteiger partial charge in [0.2, 0.25) is 5.79 Å². The van der Waals surface area contributed by atoms with E-state index in [4.69, 9.17) is 24.0 Å². The van der Waals surface area contributed by atoms with Crippen molar-refractivity contribution in [1.29, 1.82) is 0 Å². The molecule has 0 amide bonds. The average molecular weight is 487 g/mol. The highest BCUT2D eigenvalue weighted by Crippen LogP contribution is 2.60. The van der Waals surface area contributed by atoms with E-state index in [0.717, 1.165) is 52.0 Å². The van der Waals surface area contributed by atoms with Crippen LogP contribution in [0, 0.1) is 23.7 Å². The van der Waals surface area contributed by atoms with Crippen LogP contribution in [0.2, 0.25) is 0 Å². The van der Waals surface area contributed by atoms with Crippen LogP contribution in [0.1, 0.15) is 57.6 Å². The summed E-state index contributed by atoms with van der Waals surface area (Å²) in [4.78, 5) is 17.1. The van der Waals surface area contributed by atoms with Gasteiger partial charge in [-0.2, -0.15) is 0 Å². The van der Waals surface area contributed by atoms with E-state index in [1.54, 1.807) is 0 Å². The van der Waals surface area contributed by atoms with Gasteiger partial charge in [-0.15, -0.1) is 0 Å². The zero-order chi connectivity index (χ0) is 24.2. The second kappa shape index (κ2) is 9.35. The molecule has 1 aromatic rings. The van der Waals surface area contributed by atoms with Crippen LogP contribution in [0.15, 0.2) is 24.3 Å². The van der Waals surface area contributed by atoms with Gasteiger partial charge in [-0.25, -0.2) is 9.78 Å². The molecule has 8 atom stereocenters. The Labute approximate surface area is 209 Å². The topological polar surface area (TPSA) is 52.6 Å². The van der Waals surface area contributed by atoms with Gasteiger partial charge >= 0.3 is 0 Å². The summed E-state index contributed by atoms with van der Waals surface area (Å²) in [6, 6.07) is 8.87.